The first-order chi connectivity index (χ1) is 10.0. The van der Waals surface area contributed by atoms with Gasteiger partial charge in [-0.15, -0.1) is 0 Å². The molecule has 2 heterocycles. The van der Waals surface area contributed by atoms with E-state index in [-0.39, 0.29) is 29.6 Å². The van der Waals surface area contributed by atoms with Gasteiger partial charge in [-0.2, -0.15) is 0 Å². The highest BCUT2D eigenvalue weighted by atomic mass is 16.5. The molecule has 0 aromatic carbocycles. The van der Waals surface area contributed by atoms with E-state index in [0.717, 1.165) is 12.8 Å². The van der Waals surface area contributed by atoms with Gasteiger partial charge in [0.05, 0.1) is 13.0 Å². The van der Waals surface area contributed by atoms with Crippen molar-refractivity contribution in [3.63, 3.8) is 0 Å². The number of nitrogens with zero attached hydrogens (tertiary/aromatic N) is 2. The van der Waals surface area contributed by atoms with E-state index in [9.17, 15) is 14.4 Å². The number of ether oxygens (including phenoxy) is 1. The summed E-state index contributed by atoms with van der Waals surface area (Å²) in [7, 11) is 1.41. The van der Waals surface area contributed by atoms with Gasteiger partial charge >= 0.3 is 5.97 Å². The Bertz CT molecular complexity index is 408. The van der Waals surface area contributed by atoms with Crippen LogP contribution >= 0.6 is 0 Å². The van der Waals surface area contributed by atoms with E-state index >= 15 is 0 Å². The van der Waals surface area contributed by atoms with E-state index in [0.29, 0.717) is 39.0 Å². The van der Waals surface area contributed by atoms with Gasteiger partial charge in [0, 0.05) is 39.0 Å². The molecule has 0 bridgehead atoms. The molecule has 118 valence electrons. The van der Waals surface area contributed by atoms with Gasteiger partial charge in [-0.3, -0.25) is 14.4 Å². The van der Waals surface area contributed by atoms with Crippen molar-refractivity contribution < 1.29 is 19.1 Å². The Morgan fingerprint density at radius 1 is 0.857 bits per heavy atom. The number of carbonyl (C=O) groups is 3. The average Bonchev–Trinajstić information content (AvgIpc) is 2.53. The van der Waals surface area contributed by atoms with Crippen molar-refractivity contribution in [2.75, 3.05) is 33.3 Å². The molecule has 21 heavy (non-hydrogen) atoms. The minimum absolute atomic E-state index is 0.0234. The van der Waals surface area contributed by atoms with Gasteiger partial charge in [0.1, 0.15) is 0 Å². The lowest BCUT2D eigenvalue weighted by Gasteiger charge is -2.36. The molecule has 2 saturated heterocycles. The highest BCUT2D eigenvalue weighted by Gasteiger charge is 2.33. The van der Waals surface area contributed by atoms with E-state index in [2.05, 4.69) is 0 Å². The summed E-state index contributed by atoms with van der Waals surface area (Å²) < 4.78 is 4.76. The number of carbonyl (C=O) groups excluding carboxylic acids is 3. The highest BCUT2D eigenvalue weighted by Crippen LogP contribution is 2.24. The summed E-state index contributed by atoms with van der Waals surface area (Å²) in [5, 5.41) is 0. The monoisotopic (exact) mass is 296 g/mol. The maximum Gasteiger partial charge on any atom is 0.308 e. The summed E-state index contributed by atoms with van der Waals surface area (Å²) in [4.78, 5) is 38.9. The lowest BCUT2D eigenvalue weighted by atomic mass is 9.92. The van der Waals surface area contributed by atoms with Crippen molar-refractivity contribution in [3.05, 3.63) is 0 Å². The first kappa shape index (κ1) is 15.8. The van der Waals surface area contributed by atoms with E-state index in [1.165, 1.54) is 7.11 Å². The average molecular weight is 296 g/mol. The molecule has 2 aliphatic rings. The Hall–Kier alpha value is -1.59. The molecular formula is C15H24N2O4. The highest BCUT2D eigenvalue weighted by molar-refractivity contribution is 5.80. The molecule has 2 amide bonds. The van der Waals surface area contributed by atoms with E-state index < -0.39 is 0 Å². The molecule has 0 unspecified atom stereocenters. The molecule has 2 aliphatic heterocycles. The number of rotatable bonds is 2. The lowest BCUT2D eigenvalue weighted by Crippen LogP contribution is -2.46. The van der Waals surface area contributed by atoms with Crippen LogP contribution in [-0.4, -0.2) is 60.9 Å². The minimum atomic E-state index is -0.170. The predicted molar refractivity (Wildman–Crippen MR) is 76.3 cm³/mol. The summed E-state index contributed by atoms with van der Waals surface area (Å²) >= 11 is 0. The summed E-state index contributed by atoms with van der Waals surface area (Å²) in [5.41, 5.74) is 0. The number of methoxy groups -OCH3 is 1. The van der Waals surface area contributed by atoms with Crippen LogP contribution in [0.4, 0.5) is 0 Å². The van der Waals surface area contributed by atoms with Crippen molar-refractivity contribution in [3.8, 4) is 0 Å². The smallest absolute Gasteiger partial charge is 0.308 e. The van der Waals surface area contributed by atoms with Crippen LogP contribution in [0, 0.1) is 11.8 Å². The molecule has 2 fully saturated rings. The van der Waals surface area contributed by atoms with Crippen LogP contribution in [0.2, 0.25) is 0 Å². The van der Waals surface area contributed by atoms with Crippen LogP contribution in [0.3, 0.4) is 0 Å². The van der Waals surface area contributed by atoms with Gasteiger partial charge in [-0.25, -0.2) is 0 Å². The second-order valence-electron chi connectivity index (χ2n) is 5.90. The summed E-state index contributed by atoms with van der Waals surface area (Å²) in [6, 6.07) is 0. The molecule has 2 rings (SSSR count). The fraction of sp³-hybridized carbons (Fsp3) is 0.800. The van der Waals surface area contributed by atoms with E-state index in [1.807, 2.05) is 4.90 Å². The van der Waals surface area contributed by atoms with Crippen LogP contribution in [0.5, 0.6) is 0 Å². The first-order valence-corrected chi connectivity index (χ1v) is 7.65. The van der Waals surface area contributed by atoms with Crippen molar-refractivity contribution in [1.82, 2.24) is 9.80 Å². The van der Waals surface area contributed by atoms with Crippen LogP contribution in [0.15, 0.2) is 0 Å². The normalized spacial score (nSPS) is 21.2. The minimum Gasteiger partial charge on any atom is -0.469 e. The molecule has 0 N–H and O–H groups in total. The molecular weight excluding hydrogens is 272 g/mol. The Labute approximate surface area is 125 Å². The van der Waals surface area contributed by atoms with Gasteiger partial charge in [-0.1, -0.05) is 0 Å². The van der Waals surface area contributed by atoms with Crippen molar-refractivity contribution in [1.29, 1.82) is 0 Å². The molecule has 0 aliphatic carbocycles. The molecule has 0 radical (unpaired) electrons. The molecule has 6 heteroatoms. The maximum absolute atomic E-state index is 12.5. The number of likely N-dealkylation sites (tertiary alicyclic amines) is 2. The largest absolute Gasteiger partial charge is 0.469 e. The first-order valence-electron chi connectivity index (χ1n) is 7.65. The Kier molecular flexibility index (Phi) is 5.20. The SMILES string of the molecule is COC(=O)C1CCN(C(=O)C2CCN(C(C)=O)CC2)CC1. The van der Waals surface area contributed by atoms with Crippen LogP contribution in [-0.2, 0) is 19.1 Å². The van der Waals surface area contributed by atoms with Gasteiger partial charge in [0.25, 0.3) is 0 Å². The number of amides is 2. The van der Waals surface area contributed by atoms with Gasteiger partial charge in [0.2, 0.25) is 11.8 Å². The number of hydrogen-bond donors (Lipinski definition) is 0. The summed E-state index contributed by atoms with van der Waals surface area (Å²) in [6.07, 6.45) is 2.86. The van der Waals surface area contributed by atoms with Crippen LogP contribution in [0.25, 0.3) is 0 Å². The molecule has 6 nitrogen and oxygen atoms in total. The van der Waals surface area contributed by atoms with Gasteiger partial charge in [0.15, 0.2) is 0 Å². The fourth-order valence-corrected chi connectivity index (χ4v) is 3.20. The van der Waals surface area contributed by atoms with Crippen molar-refractivity contribution >= 4 is 17.8 Å². The lowest BCUT2D eigenvalue weighted by molar-refractivity contribution is -0.150. The zero-order valence-electron chi connectivity index (χ0n) is 12.8. The van der Waals surface area contributed by atoms with Crippen molar-refractivity contribution in [2.24, 2.45) is 11.8 Å². The van der Waals surface area contributed by atoms with Crippen LogP contribution < -0.4 is 0 Å². The van der Waals surface area contributed by atoms with Crippen LogP contribution in [0.1, 0.15) is 32.6 Å². The van der Waals surface area contributed by atoms with E-state index in [4.69, 9.17) is 4.74 Å². The second-order valence-corrected chi connectivity index (χ2v) is 5.90. The van der Waals surface area contributed by atoms with Gasteiger partial charge < -0.3 is 14.5 Å². The third-order valence-corrected chi connectivity index (χ3v) is 4.63. The number of piperidine rings is 2. The zero-order chi connectivity index (χ0) is 15.4. The van der Waals surface area contributed by atoms with Crippen molar-refractivity contribution in [2.45, 2.75) is 32.6 Å². The fourth-order valence-electron chi connectivity index (χ4n) is 3.20. The zero-order valence-corrected chi connectivity index (χ0v) is 12.8. The molecule has 0 spiro atoms. The van der Waals surface area contributed by atoms with E-state index in [1.54, 1.807) is 11.8 Å². The standard InChI is InChI=1S/C15H24N2O4/c1-11(18)16-7-3-12(4-8-16)14(19)17-9-5-13(6-10-17)15(20)21-2/h12-13H,3-10H2,1-2H3. The van der Waals surface area contributed by atoms with Gasteiger partial charge in [-0.05, 0) is 25.7 Å². The summed E-state index contributed by atoms with van der Waals surface area (Å²) in [6.45, 7) is 4.17. The quantitative estimate of drug-likeness (QED) is 0.702. The Morgan fingerprint density at radius 3 is 1.81 bits per heavy atom. The molecule has 0 atom stereocenters. The predicted octanol–water partition coefficient (Wildman–Crippen LogP) is 0.656. The number of hydrogen-bond acceptors (Lipinski definition) is 4. The summed E-state index contributed by atoms with van der Waals surface area (Å²) in [5.74, 6) is 0.0482. The second kappa shape index (κ2) is 6.91. The molecule has 0 aromatic rings. The Balaban J connectivity index is 1.80. The maximum atomic E-state index is 12.5. The topological polar surface area (TPSA) is 66.9 Å². The Morgan fingerprint density at radius 2 is 1.33 bits per heavy atom. The third-order valence-electron chi connectivity index (χ3n) is 4.63. The third kappa shape index (κ3) is 3.74. The molecule has 0 aromatic heterocycles. The number of esters is 1. The molecule has 0 saturated carbocycles.